The lowest BCUT2D eigenvalue weighted by atomic mass is 9.92. The van der Waals surface area contributed by atoms with Crippen LogP contribution in [0.15, 0.2) is 24.5 Å². The molecule has 12 heavy (non-hydrogen) atoms. The molecule has 2 nitrogen and oxygen atoms in total. The van der Waals surface area contributed by atoms with E-state index in [1.165, 1.54) is 0 Å². The number of hydrogen-bond donors (Lipinski definition) is 0. The highest BCUT2D eigenvalue weighted by molar-refractivity contribution is 5.13. The Morgan fingerprint density at radius 2 is 2.25 bits per heavy atom. The summed E-state index contributed by atoms with van der Waals surface area (Å²) in [5.74, 6) is 1.71. The van der Waals surface area contributed by atoms with Gasteiger partial charge < -0.3 is 9.47 Å². The standard InChI is InChI=1S/C10H16O2/c1-5-9-6-7(2)8(3)10(11-4)12-9/h5-8,10H,1H2,2-4H3. The molecule has 1 heterocycles. The Hall–Kier alpha value is -0.760. The van der Waals surface area contributed by atoms with Gasteiger partial charge in [-0.2, -0.15) is 0 Å². The van der Waals surface area contributed by atoms with Gasteiger partial charge in [0, 0.05) is 13.0 Å². The van der Waals surface area contributed by atoms with Gasteiger partial charge in [0.15, 0.2) is 0 Å². The quantitative estimate of drug-likeness (QED) is 0.630. The summed E-state index contributed by atoms with van der Waals surface area (Å²) in [6.45, 7) is 7.94. The molecule has 1 rings (SSSR count). The molecule has 0 saturated carbocycles. The van der Waals surface area contributed by atoms with Crippen LogP contribution < -0.4 is 0 Å². The minimum Gasteiger partial charge on any atom is -0.465 e. The molecular formula is C10H16O2. The van der Waals surface area contributed by atoms with Crippen molar-refractivity contribution in [2.75, 3.05) is 7.11 Å². The Labute approximate surface area is 73.9 Å². The van der Waals surface area contributed by atoms with Gasteiger partial charge in [0.2, 0.25) is 6.29 Å². The average molecular weight is 168 g/mol. The third kappa shape index (κ3) is 1.69. The van der Waals surface area contributed by atoms with Crippen molar-refractivity contribution in [2.45, 2.75) is 20.1 Å². The van der Waals surface area contributed by atoms with Crippen LogP contribution in [0.2, 0.25) is 0 Å². The average Bonchev–Trinajstić information content (AvgIpc) is 2.09. The number of hydrogen-bond acceptors (Lipinski definition) is 2. The second kappa shape index (κ2) is 3.76. The van der Waals surface area contributed by atoms with E-state index in [4.69, 9.17) is 9.47 Å². The summed E-state index contributed by atoms with van der Waals surface area (Å²) in [7, 11) is 1.67. The van der Waals surface area contributed by atoms with Gasteiger partial charge in [0.1, 0.15) is 5.76 Å². The van der Waals surface area contributed by atoms with Crippen LogP contribution >= 0.6 is 0 Å². The van der Waals surface area contributed by atoms with E-state index in [-0.39, 0.29) is 6.29 Å². The maximum absolute atomic E-state index is 5.49. The van der Waals surface area contributed by atoms with E-state index in [1.54, 1.807) is 13.2 Å². The summed E-state index contributed by atoms with van der Waals surface area (Å²) < 4.78 is 10.7. The summed E-state index contributed by atoms with van der Waals surface area (Å²) >= 11 is 0. The molecule has 2 heteroatoms. The Morgan fingerprint density at radius 1 is 1.58 bits per heavy atom. The molecule has 0 aromatic rings. The van der Waals surface area contributed by atoms with Crippen LogP contribution in [0.1, 0.15) is 13.8 Å². The molecule has 0 radical (unpaired) electrons. The van der Waals surface area contributed by atoms with Crippen molar-refractivity contribution < 1.29 is 9.47 Å². The Balaban J connectivity index is 2.75. The summed E-state index contributed by atoms with van der Waals surface area (Å²) in [5, 5.41) is 0. The highest BCUT2D eigenvalue weighted by atomic mass is 16.7. The molecule has 0 spiro atoms. The van der Waals surface area contributed by atoms with Gasteiger partial charge in [0.05, 0.1) is 0 Å². The number of rotatable bonds is 2. The Bertz CT molecular complexity index is 196. The minimum atomic E-state index is -0.127. The third-order valence-electron chi connectivity index (χ3n) is 2.37. The van der Waals surface area contributed by atoms with Crippen LogP contribution in [0.3, 0.4) is 0 Å². The van der Waals surface area contributed by atoms with E-state index in [0.29, 0.717) is 11.8 Å². The molecule has 0 aliphatic carbocycles. The van der Waals surface area contributed by atoms with Crippen molar-refractivity contribution in [1.82, 2.24) is 0 Å². The molecule has 0 aromatic heterocycles. The van der Waals surface area contributed by atoms with Gasteiger partial charge in [-0.15, -0.1) is 0 Å². The van der Waals surface area contributed by atoms with Crippen molar-refractivity contribution in [2.24, 2.45) is 11.8 Å². The van der Waals surface area contributed by atoms with Gasteiger partial charge in [-0.25, -0.2) is 0 Å². The highest BCUT2D eigenvalue weighted by Gasteiger charge is 2.27. The molecule has 68 valence electrons. The molecule has 0 aromatic carbocycles. The fraction of sp³-hybridized carbons (Fsp3) is 0.600. The van der Waals surface area contributed by atoms with Crippen molar-refractivity contribution in [3.05, 3.63) is 24.5 Å². The van der Waals surface area contributed by atoms with Gasteiger partial charge >= 0.3 is 0 Å². The maximum Gasteiger partial charge on any atom is 0.202 e. The van der Waals surface area contributed by atoms with E-state index in [1.807, 2.05) is 0 Å². The smallest absolute Gasteiger partial charge is 0.202 e. The van der Waals surface area contributed by atoms with E-state index < -0.39 is 0 Å². The van der Waals surface area contributed by atoms with Crippen LogP contribution in [0, 0.1) is 11.8 Å². The van der Waals surface area contributed by atoms with Crippen LogP contribution in [-0.2, 0) is 9.47 Å². The van der Waals surface area contributed by atoms with Crippen molar-refractivity contribution in [3.63, 3.8) is 0 Å². The zero-order valence-corrected chi connectivity index (χ0v) is 7.91. The normalized spacial score (nSPS) is 35.2. The van der Waals surface area contributed by atoms with Crippen molar-refractivity contribution in [3.8, 4) is 0 Å². The van der Waals surface area contributed by atoms with Gasteiger partial charge in [-0.3, -0.25) is 0 Å². The lowest BCUT2D eigenvalue weighted by Gasteiger charge is -2.31. The predicted molar refractivity (Wildman–Crippen MR) is 48.5 cm³/mol. The molecule has 0 bridgehead atoms. The number of allylic oxidation sites excluding steroid dienone is 2. The van der Waals surface area contributed by atoms with Gasteiger partial charge in [-0.1, -0.05) is 20.4 Å². The van der Waals surface area contributed by atoms with Crippen LogP contribution in [0.4, 0.5) is 0 Å². The largest absolute Gasteiger partial charge is 0.465 e. The van der Waals surface area contributed by atoms with Crippen molar-refractivity contribution >= 4 is 0 Å². The first-order valence-electron chi connectivity index (χ1n) is 4.22. The first-order valence-corrected chi connectivity index (χ1v) is 4.22. The fourth-order valence-electron chi connectivity index (χ4n) is 1.32. The molecule has 1 aliphatic rings. The zero-order valence-electron chi connectivity index (χ0n) is 7.91. The second-order valence-corrected chi connectivity index (χ2v) is 3.21. The van der Waals surface area contributed by atoms with Gasteiger partial charge in [0.25, 0.3) is 0 Å². The summed E-state index contributed by atoms with van der Waals surface area (Å²) in [5.41, 5.74) is 0. The molecule has 0 N–H and O–H groups in total. The Kier molecular flexibility index (Phi) is 2.93. The van der Waals surface area contributed by atoms with E-state index in [9.17, 15) is 0 Å². The Morgan fingerprint density at radius 3 is 2.75 bits per heavy atom. The SMILES string of the molecule is C=CC1=CC(C)C(C)C(OC)O1. The monoisotopic (exact) mass is 168 g/mol. The van der Waals surface area contributed by atoms with Crippen LogP contribution in [-0.4, -0.2) is 13.4 Å². The minimum absolute atomic E-state index is 0.127. The fourth-order valence-corrected chi connectivity index (χ4v) is 1.32. The topological polar surface area (TPSA) is 18.5 Å². The third-order valence-corrected chi connectivity index (χ3v) is 2.37. The van der Waals surface area contributed by atoms with E-state index in [2.05, 4.69) is 26.5 Å². The molecule has 3 atom stereocenters. The molecule has 3 unspecified atom stereocenters. The molecule has 0 saturated heterocycles. The van der Waals surface area contributed by atoms with Crippen LogP contribution in [0.25, 0.3) is 0 Å². The first kappa shape index (κ1) is 9.33. The molecular weight excluding hydrogens is 152 g/mol. The highest BCUT2D eigenvalue weighted by Crippen LogP contribution is 2.28. The second-order valence-electron chi connectivity index (χ2n) is 3.21. The van der Waals surface area contributed by atoms with E-state index >= 15 is 0 Å². The van der Waals surface area contributed by atoms with E-state index in [0.717, 1.165) is 5.76 Å². The summed E-state index contributed by atoms with van der Waals surface area (Å²) in [4.78, 5) is 0. The molecule has 0 fully saturated rings. The molecule has 0 amide bonds. The number of methoxy groups -OCH3 is 1. The van der Waals surface area contributed by atoms with Crippen LogP contribution in [0.5, 0.6) is 0 Å². The lowest BCUT2D eigenvalue weighted by molar-refractivity contribution is -0.139. The summed E-state index contributed by atoms with van der Waals surface area (Å²) in [6, 6.07) is 0. The maximum atomic E-state index is 5.49. The summed E-state index contributed by atoms with van der Waals surface area (Å²) in [6.07, 6.45) is 3.67. The lowest BCUT2D eigenvalue weighted by Crippen LogP contribution is -2.31. The number of ether oxygens (including phenoxy) is 2. The predicted octanol–water partition coefficient (Wildman–Crippen LogP) is 2.33. The van der Waals surface area contributed by atoms with Gasteiger partial charge in [-0.05, 0) is 18.1 Å². The van der Waals surface area contributed by atoms with Crippen molar-refractivity contribution in [1.29, 1.82) is 0 Å². The molecule has 1 aliphatic heterocycles. The zero-order chi connectivity index (χ0) is 9.14. The first-order chi connectivity index (χ1) is 5.69.